The molecular weight excluding hydrogens is 272 g/mol. The molecule has 0 aliphatic rings. The summed E-state index contributed by atoms with van der Waals surface area (Å²) in [6.45, 7) is 6.16. The second-order valence-corrected chi connectivity index (χ2v) is 5.25. The van der Waals surface area contributed by atoms with E-state index in [4.69, 9.17) is 14.6 Å². The summed E-state index contributed by atoms with van der Waals surface area (Å²) in [4.78, 5) is 22.5. The summed E-state index contributed by atoms with van der Waals surface area (Å²) in [5.41, 5.74) is 0.685. The van der Waals surface area contributed by atoms with Crippen molar-refractivity contribution >= 4 is 11.9 Å². The monoisotopic (exact) mass is 294 g/mol. The van der Waals surface area contributed by atoms with Gasteiger partial charge in [-0.1, -0.05) is 32.9 Å². The van der Waals surface area contributed by atoms with Gasteiger partial charge in [-0.15, -0.1) is 0 Å². The van der Waals surface area contributed by atoms with Gasteiger partial charge in [-0.3, -0.25) is 4.79 Å². The molecule has 1 atom stereocenters. The van der Waals surface area contributed by atoms with Gasteiger partial charge in [0.1, 0.15) is 5.75 Å². The maximum absolute atomic E-state index is 11.9. The van der Waals surface area contributed by atoms with E-state index in [1.54, 1.807) is 24.3 Å². The van der Waals surface area contributed by atoms with E-state index in [0.29, 0.717) is 24.3 Å². The van der Waals surface area contributed by atoms with Gasteiger partial charge in [-0.25, -0.2) is 4.79 Å². The zero-order valence-corrected chi connectivity index (χ0v) is 12.7. The van der Waals surface area contributed by atoms with Gasteiger partial charge < -0.3 is 14.6 Å². The molecule has 1 N–H and O–H groups in total. The van der Waals surface area contributed by atoms with Crippen molar-refractivity contribution in [1.82, 2.24) is 0 Å². The van der Waals surface area contributed by atoms with E-state index in [1.165, 1.54) is 0 Å². The first-order chi connectivity index (χ1) is 9.92. The Hall–Kier alpha value is -2.04. The molecule has 0 amide bonds. The number of aliphatic carboxylic acids is 1. The maximum Gasteiger partial charge on any atom is 0.347 e. The maximum atomic E-state index is 11.9. The minimum atomic E-state index is -0.882. The summed E-state index contributed by atoms with van der Waals surface area (Å²) < 4.78 is 10.8. The van der Waals surface area contributed by atoms with E-state index >= 15 is 0 Å². The van der Waals surface area contributed by atoms with Crippen molar-refractivity contribution in [2.45, 2.75) is 39.7 Å². The van der Waals surface area contributed by atoms with Crippen LogP contribution >= 0.6 is 0 Å². The molecule has 0 bridgehead atoms. The molecule has 5 heteroatoms. The number of carbonyl (C=O) groups excluding carboxylic acids is 1. The molecule has 0 heterocycles. The molecule has 1 unspecified atom stereocenters. The zero-order chi connectivity index (χ0) is 15.8. The predicted octanol–water partition coefficient (Wildman–Crippen LogP) is 2.67. The number of rotatable bonds is 8. The Morgan fingerprint density at radius 2 is 1.81 bits per heavy atom. The van der Waals surface area contributed by atoms with Crippen molar-refractivity contribution in [2.75, 3.05) is 6.61 Å². The van der Waals surface area contributed by atoms with E-state index in [2.05, 4.69) is 0 Å². The summed E-state index contributed by atoms with van der Waals surface area (Å²) in [7, 11) is 0. The van der Waals surface area contributed by atoms with Crippen molar-refractivity contribution < 1.29 is 24.2 Å². The molecule has 5 nitrogen and oxygen atoms in total. The quantitative estimate of drug-likeness (QED) is 0.746. The Morgan fingerprint density at radius 3 is 2.29 bits per heavy atom. The zero-order valence-electron chi connectivity index (χ0n) is 12.7. The van der Waals surface area contributed by atoms with Crippen molar-refractivity contribution in [1.29, 1.82) is 0 Å². The van der Waals surface area contributed by atoms with Gasteiger partial charge in [0.2, 0.25) is 0 Å². The molecule has 0 saturated heterocycles. The van der Waals surface area contributed by atoms with E-state index in [9.17, 15) is 9.59 Å². The second-order valence-electron chi connectivity index (χ2n) is 5.25. The van der Waals surface area contributed by atoms with Crippen LogP contribution in [0.25, 0.3) is 0 Å². The standard InChI is InChI=1S/C16H22O5/c1-4-14(16(19)20-10-11(2)3)21-13-7-5-12(6-8-13)9-15(17)18/h5-8,11,14H,4,9-10H2,1-3H3,(H,17,18). The van der Waals surface area contributed by atoms with E-state index in [0.717, 1.165) is 0 Å². The smallest absolute Gasteiger partial charge is 0.347 e. The van der Waals surface area contributed by atoms with Crippen LogP contribution in [0.2, 0.25) is 0 Å². The van der Waals surface area contributed by atoms with Crippen LogP contribution in [0.5, 0.6) is 5.75 Å². The second kappa shape index (κ2) is 8.29. The minimum Gasteiger partial charge on any atom is -0.481 e. The first-order valence-corrected chi connectivity index (χ1v) is 7.06. The number of benzene rings is 1. The lowest BCUT2D eigenvalue weighted by molar-refractivity contribution is -0.153. The van der Waals surface area contributed by atoms with Gasteiger partial charge >= 0.3 is 11.9 Å². The summed E-state index contributed by atoms with van der Waals surface area (Å²) in [6.07, 6.45) is -0.170. The number of carbonyl (C=O) groups is 2. The lowest BCUT2D eigenvalue weighted by atomic mass is 10.1. The van der Waals surface area contributed by atoms with E-state index < -0.39 is 12.1 Å². The molecule has 0 saturated carbocycles. The molecule has 0 aliphatic carbocycles. The van der Waals surface area contributed by atoms with Crippen LogP contribution in [0.4, 0.5) is 0 Å². The molecule has 0 radical (unpaired) electrons. The van der Waals surface area contributed by atoms with Gasteiger partial charge in [0.25, 0.3) is 0 Å². The van der Waals surface area contributed by atoms with Crippen LogP contribution in [0, 0.1) is 5.92 Å². The summed E-state index contributed by atoms with van der Waals surface area (Å²) in [6, 6.07) is 6.68. The summed E-state index contributed by atoms with van der Waals surface area (Å²) in [5.74, 6) is -0.451. The Balaban J connectivity index is 2.60. The fraction of sp³-hybridized carbons (Fsp3) is 0.500. The van der Waals surface area contributed by atoms with Crippen LogP contribution in [0.1, 0.15) is 32.8 Å². The lowest BCUT2D eigenvalue weighted by Gasteiger charge is -2.17. The average Bonchev–Trinajstić information content (AvgIpc) is 2.43. The summed E-state index contributed by atoms with van der Waals surface area (Å²) >= 11 is 0. The molecular formula is C16H22O5. The normalized spacial score (nSPS) is 12.0. The highest BCUT2D eigenvalue weighted by molar-refractivity contribution is 5.75. The highest BCUT2D eigenvalue weighted by Gasteiger charge is 2.20. The van der Waals surface area contributed by atoms with Crippen molar-refractivity contribution in [2.24, 2.45) is 5.92 Å². The molecule has 1 aromatic rings. The third kappa shape index (κ3) is 6.29. The number of ether oxygens (including phenoxy) is 2. The van der Waals surface area contributed by atoms with Crippen LogP contribution in [0.3, 0.4) is 0 Å². The van der Waals surface area contributed by atoms with Gasteiger partial charge in [-0.05, 0) is 30.0 Å². The minimum absolute atomic E-state index is 0.0338. The van der Waals surface area contributed by atoms with Gasteiger partial charge in [0.05, 0.1) is 13.0 Å². The van der Waals surface area contributed by atoms with Gasteiger partial charge in [-0.2, -0.15) is 0 Å². The van der Waals surface area contributed by atoms with Crippen LogP contribution < -0.4 is 4.74 Å². The molecule has 0 aliphatic heterocycles. The average molecular weight is 294 g/mol. The van der Waals surface area contributed by atoms with E-state index in [1.807, 2.05) is 20.8 Å². The Morgan fingerprint density at radius 1 is 1.19 bits per heavy atom. The number of carboxylic acids is 1. The van der Waals surface area contributed by atoms with Crippen LogP contribution in [0.15, 0.2) is 24.3 Å². The largest absolute Gasteiger partial charge is 0.481 e. The number of hydrogen-bond acceptors (Lipinski definition) is 4. The molecule has 0 fully saturated rings. The highest BCUT2D eigenvalue weighted by atomic mass is 16.6. The first kappa shape index (κ1) is 17.0. The molecule has 0 spiro atoms. The molecule has 21 heavy (non-hydrogen) atoms. The van der Waals surface area contributed by atoms with Crippen molar-refractivity contribution in [3.8, 4) is 5.75 Å². The van der Waals surface area contributed by atoms with Crippen molar-refractivity contribution in [3.05, 3.63) is 29.8 Å². The predicted molar refractivity (Wildman–Crippen MR) is 78.3 cm³/mol. The summed E-state index contributed by atoms with van der Waals surface area (Å²) in [5, 5.41) is 8.70. The number of hydrogen-bond donors (Lipinski definition) is 1. The molecule has 1 aromatic carbocycles. The Labute approximate surface area is 124 Å². The third-order valence-corrected chi connectivity index (χ3v) is 2.75. The number of esters is 1. The molecule has 0 aromatic heterocycles. The molecule has 1 rings (SSSR count). The van der Waals surface area contributed by atoms with Crippen molar-refractivity contribution in [3.63, 3.8) is 0 Å². The highest BCUT2D eigenvalue weighted by Crippen LogP contribution is 2.16. The van der Waals surface area contributed by atoms with Crippen LogP contribution in [-0.2, 0) is 20.7 Å². The Kier molecular flexibility index (Phi) is 6.72. The topological polar surface area (TPSA) is 72.8 Å². The lowest BCUT2D eigenvalue weighted by Crippen LogP contribution is -2.29. The van der Waals surface area contributed by atoms with Gasteiger partial charge in [0, 0.05) is 0 Å². The fourth-order valence-electron chi connectivity index (χ4n) is 1.66. The van der Waals surface area contributed by atoms with Crippen LogP contribution in [-0.4, -0.2) is 29.8 Å². The third-order valence-electron chi connectivity index (χ3n) is 2.75. The number of carboxylic acid groups (broad SMARTS) is 1. The van der Waals surface area contributed by atoms with E-state index in [-0.39, 0.29) is 18.3 Å². The Bertz CT molecular complexity index is 464. The fourth-order valence-corrected chi connectivity index (χ4v) is 1.66. The molecule has 116 valence electrons. The first-order valence-electron chi connectivity index (χ1n) is 7.06. The van der Waals surface area contributed by atoms with Gasteiger partial charge in [0.15, 0.2) is 6.10 Å². The SMILES string of the molecule is CCC(Oc1ccc(CC(=O)O)cc1)C(=O)OCC(C)C.